The van der Waals surface area contributed by atoms with Crippen LogP contribution < -0.4 is 14.2 Å². The Hall–Kier alpha value is -2.20. The highest BCUT2D eigenvalue weighted by atomic mass is 16.5. The van der Waals surface area contributed by atoms with E-state index in [1.54, 1.807) is 21.3 Å². The Morgan fingerprint density at radius 1 is 0.826 bits per heavy atom. The molecule has 1 N–H and O–H groups in total. The summed E-state index contributed by atoms with van der Waals surface area (Å²) in [5, 5.41) is 7.00. The number of benzene rings is 2. The molecule has 0 aliphatic rings. The Balaban J connectivity index is 0.00000127. The molecule has 0 aliphatic carbocycles. The summed E-state index contributed by atoms with van der Waals surface area (Å²) in [5.41, 5.74) is 2.47. The number of methoxy groups -OCH3 is 3. The molecule has 0 fully saturated rings. The average molecular weight is 318 g/mol. The first-order valence-electron chi connectivity index (χ1n) is 7.56. The lowest BCUT2D eigenvalue weighted by Gasteiger charge is -2.12. The molecule has 0 bridgehead atoms. The lowest BCUT2D eigenvalue weighted by molar-refractivity contribution is 0.351. The number of aryl methyl sites for hydroxylation is 2. The second kappa shape index (κ2) is 10.5. The fourth-order valence-corrected chi connectivity index (χ4v) is 2.46. The molecular formula is C19H26O4. The van der Waals surface area contributed by atoms with Crippen molar-refractivity contribution in [3.05, 3.63) is 53.6 Å². The molecule has 0 unspecified atom stereocenters. The molecule has 2 aromatic carbocycles. The van der Waals surface area contributed by atoms with E-state index in [0.29, 0.717) is 0 Å². The number of hydrogen-bond donors (Lipinski definition) is 1. The predicted molar refractivity (Wildman–Crippen MR) is 92.7 cm³/mol. The molecule has 0 amide bonds. The summed E-state index contributed by atoms with van der Waals surface area (Å²) in [7, 11) is 6.04. The van der Waals surface area contributed by atoms with Crippen molar-refractivity contribution in [3.63, 3.8) is 0 Å². The predicted octanol–water partition coefficient (Wildman–Crippen LogP) is 3.50. The van der Waals surface area contributed by atoms with Crippen LogP contribution in [0.2, 0.25) is 0 Å². The highest BCUT2D eigenvalue weighted by molar-refractivity contribution is 5.46. The normalized spacial score (nSPS) is 9.61. The van der Waals surface area contributed by atoms with E-state index >= 15 is 0 Å². The number of ether oxygens (including phenoxy) is 3. The third-order valence-electron chi connectivity index (χ3n) is 3.53. The van der Waals surface area contributed by atoms with E-state index in [1.165, 1.54) is 11.1 Å². The SMILES string of the molecule is CO.COc1cccc(CCCc2cccc(OC)c2OC)c1. The maximum Gasteiger partial charge on any atom is 0.163 e. The highest BCUT2D eigenvalue weighted by Gasteiger charge is 2.09. The number of aliphatic hydroxyl groups is 1. The van der Waals surface area contributed by atoms with Crippen molar-refractivity contribution >= 4 is 0 Å². The van der Waals surface area contributed by atoms with Crippen molar-refractivity contribution in [2.24, 2.45) is 0 Å². The summed E-state index contributed by atoms with van der Waals surface area (Å²) < 4.78 is 16.0. The smallest absolute Gasteiger partial charge is 0.163 e. The number of aliphatic hydroxyl groups excluding tert-OH is 1. The third-order valence-corrected chi connectivity index (χ3v) is 3.53. The van der Waals surface area contributed by atoms with Gasteiger partial charge in [0.1, 0.15) is 5.75 Å². The minimum atomic E-state index is 0.788. The number of rotatable bonds is 7. The molecule has 0 aliphatic heterocycles. The second-order valence-corrected chi connectivity index (χ2v) is 4.86. The second-order valence-electron chi connectivity index (χ2n) is 4.86. The van der Waals surface area contributed by atoms with Gasteiger partial charge in [0.25, 0.3) is 0 Å². The van der Waals surface area contributed by atoms with Gasteiger partial charge in [0.05, 0.1) is 21.3 Å². The fraction of sp³-hybridized carbons (Fsp3) is 0.368. The van der Waals surface area contributed by atoms with Gasteiger partial charge in [-0.1, -0.05) is 24.3 Å². The lowest BCUT2D eigenvalue weighted by atomic mass is 10.0. The summed E-state index contributed by atoms with van der Waals surface area (Å²) >= 11 is 0. The van der Waals surface area contributed by atoms with Gasteiger partial charge in [0, 0.05) is 7.11 Å². The zero-order chi connectivity index (χ0) is 17.1. The van der Waals surface area contributed by atoms with Crippen molar-refractivity contribution in [3.8, 4) is 17.2 Å². The summed E-state index contributed by atoms with van der Waals surface area (Å²) in [6, 6.07) is 14.2. The minimum Gasteiger partial charge on any atom is -0.497 e. The van der Waals surface area contributed by atoms with Gasteiger partial charge in [0.2, 0.25) is 0 Å². The van der Waals surface area contributed by atoms with Crippen LogP contribution in [0.1, 0.15) is 17.5 Å². The molecule has 0 spiro atoms. The van der Waals surface area contributed by atoms with Gasteiger partial charge in [0.15, 0.2) is 11.5 Å². The molecular weight excluding hydrogens is 292 g/mol. The number of para-hydroxylation sites is 1. The van der Waals surface area contributed by atoms with Crippen LogP contribution >= 0.6 is 0 Å². The Kier molecular flexibility index (Phi) is 8.62. The maximum atomic E-state index is 7.00. The lowest BCUT2D eigenvalue weighted by Crippen LogP contribution is -1.97. The zero-order valence-electron chi connectivity index (χ0n) is 14.3. The maximum absolute atomic E-state index is 7.00. The average Bonchev–Trinajstić information content (AvgIpc) is 2.63. The Labute approximate surface area is 138 Å². The van der Waals surface area contributed by atoms with Crippen LogP contribution in [0.25, 0.3) is 0 Å². The van der Waals surface area contributed by atoms with Crippen LogP contribution in [-0.2, 0) is 12.8 Å². The summed E-state index contributed by atoms with van der Waals surface area (Å²) in [5.74, 6) is 2.54. The van der Waals surface area contributed by atoms with E-state index in [1.807, 2.05) is 24.3 Å². The zero-order valence-corrected chi connectivity index (χ0v) is 14.3. The van der Waals surface area contributed by atoms with Gasteiger partial charge in [-0.3, -0.25) is 0 Å². The molecule has 0 atom stereocenters. The van der Waals surface area contributed by atoms with E-state index in [0.717, 1.165) is 43.6 Å². The van der Waals surface area contributed by atoms with E-state index in [-0.39, 0.29) is 0 Å². The van der Waals surface area contributed by atoms with Crippen molar-refractivity contribution < 1.29 is 19.3 Å². The van der Waals surface area contributed by atoms with Crippen LogP contribution in [0, 0.1) is 0 Å². The van der Waals surface area contributed by atoms with E-state index in [9.17, 15) is 0 Å². The minimum absolute atomic E-state index is 0.788. The molecule has 23 heavy (non-hydrogen) atoms. The van der Waals surface area contributed by atoms with Crippen LogP contribution in [-0.4, -0.2) is 33.5 Å². The van der Waals surface area contributed by atoms with Crippen LogP contribution in [0.5, 0.6) is 17.2 Å². The van der Waals surface area contributed by atoms with Crippen molar-refractivity contribution in [1.29, 1.82) is 0 Å². The fourth-order valence-electron chi connectivity index (χ4n) is 2.46. The molecule has 0 saturated carbocycles. The first-order chi connectivity index (χ1) is 11.3. The highest BCUT2D eigenvalue weighted by Crippen LogP contribution is 2.31. The van der Waals surface area contributed by atoms with E-state index < -0.39 is 0 Å². The topological polar surface area (TPSA) is 47.9 Å². The van der Waals surface area contributed by atoms with Gasteiger partial charge >= 0.3 is 0 Å². The molecule has 2 rings (SSSR count). The molecule has 0 saturated heterocycles. The van der Waals surface area contributed by atoms with Crippen molar-refractivity contribution in [1.82, 2.24) is 0 Å². The van der Waals surface area contributed by atoms with Gasteiger partial charge in [-0.2, -0.15) is 0 Å². The number of hydrogen-bond acceptors (Lipinski definition) is 4. The van der Waals surface area contributed by atoms with Gasteiger partial charge < -0.3 is 19.3 Å². The van der Waals surface area contributed by atoms with Crippen LogP contribution in [0.4, 0.5) is 0 Å². The Morgan fingerprint density at radius 2 is 1.57 bits per heavy atom. The monoisotopic (exact) mass is 318 g/mol. The van der Waals surface area contributed by atoms with Crippen LogP contribution in [0.15, 0.2) is 42.5 Å². The summed E-state index contributed by atoms with van der Waals surface area (Å²) in [4.78, 5) is 0. The molecule has 0 aromatic heterocycles. The molecule has 2 aromatic rings. The van der Waals surface area contributed by atoms with Gasteiger partial charge in [-0.15, -0.1) is 0 Å². The molecule has 4 heteroatoms. The van der Waals surface area contributed by atoms with E-state index in [2.05, 4.69) is 18.2 Å². The van der Waals surface area contributed by atoms with Crippen LogP contribution in [0.3, 0.4) is 0 Å². The first-order valence-corrected chi connectivity index (χ1v) is 7.56. The third kappa shape index (κ3) is 5.49. The summed E-state index contributed by atoms with van der Waals surface area (Å²) in [6.45, 7) is 0. The van der Waals surface area contributed by atoms with E-state index in [4.69, 9.17) is 19.3 Å². The molecule has 4 nitrogen and oxygen atoms in total. The molecule has 0 heterocycles. The molecule has 126 valence electrons. The van der Waals surface area contributed by atoms with Gasteiger partial charge in [-0.05, 0) is 48.6 Å². The largest absolute Gasteiger partial charge is 0.497 e. The molecule has 0 radical (unpaired) electrons. The summed E-state index contributed by atoms with van der Waals surface area (Å²) in [6.07, 6.45) is 3.02. The Morgan fingerprint density at radius 3 is 2.22 bits per heavy atom. The Bertz CT molecular complexity index is 581. The van der Waals surface area contributed by atoms with Gasteiger partial charge in [-0.25, -0.2) is 0 Å². The van der Waals surface area contributed by atoms with Crippen molar-refractivity contribution in [2.75, 3.05) is 28.4 Å². The standard InChI is InChI=1S/C18H22O3.CH4O/c1-19-16-11-5-8-14(13-16)7-4-9-15-10-6-12-17(20-2)18(15)21-3;1-2/h5-6,8,10-13H,4,7,9H2,1-3H3;2H,1H3. The first kappa shape index (κ1) is 18.8. The van der Waals surface area contributed by atoms with Crippen molar-refractivity contribution in [2.45, 2.75) is 19.3 Å². The quantitative estimate of drug-likeness (QED) is 0.849.